The highest BCUT2D eigenvalue weighted by Crippen LogP contribution is 2.34. The second-order valence-electron chi connectivity index (χ2n) is 10.2. The Hall–Kier alpha value is -1.04. The number of ether oxygens (including phenoxy) is 7. The van der Waals surface area contributed by atoms with Gasteiger partial charge in [-0.15, -0.1) is 0 Å². The van der Waals surface area contributed by atoms with Gasteiger partial charge in [0.05, 0.1) is 25.9 Å². The van der Waals surface area contributed by atoms with Crippen LogP contribution in [0.3, 0.4) is 0 Å². The van der Waals surface area contributed by atoms with Gasteiger partial charge in [-0.1, -0.05) is 60.9 Å². The fraction of sp³-hybridized carbons (Fsp3) is 0.862. The molecule has 1 aliphatic heterocycles. The third kappa shape index (κ3) is 17.4. The van der Waals surface area contributed by atoms with Crippen LogP contribution in [0.15, 0.2) is 12.2 Å². The van der Waals surface area contributed by atoms with Crippen molar-refractivity contribution in [3.05, 3.63) is 12.2 Å². The fourth-order valence-corrected chi connectivity index (χ4v) is 4.95. The number of unbranched alkanes of at least 4 members (excludes halogenated alkanes) is 7. The van der Waals surface area contributed by atoms with Gasteiger partial charge >= 0.3 is 11.9 Å². The van der Waals surface area contributed by atoms with Crippen molar-refractivity contribution in [1.29, 1.82) is 0 Å². The molecule has 1 aliphatic rings. The number of halogens is 1. The zero-order valence-electron chi connectivity index (χ0n) is 24.6. The summed E-state index contributed by atoms with van der Waals surface area (Å²) in [5.41, 5.74) is 0. The van der Waals surface area contributed by atoms with Gasteiger partial charge in [-0.3, -0.25) is 4.79 Å². The van der Waals surface area contributed by atoms with Crippen LogP contribution in [0, 0.1) is 0 Å². The molecule has 0 aromatic carbocycles. The van der Waals surface area contributed by atoms with E-state index in [0.717, 1.165) is 38.5 Å². The molecule has 0 aromatic heterocycles. The first-order chi connectivity index (χ1) is 18.7. The van der Waals surface area contributed by atoms with E-state index in [1.807, 2.05) is 13.8 Å². The van der Waals surface area contributed by atoms with Crippen LogP contribution >= 0.6 is 15.9 Å². The molecule has 0 spiro atoms. The Kier molecular flexibility index (Phi) is 20.0. The van der Waals surface area contributed by atoms with Gasteiger partial charge in [-0.2, -0.15) is 0 Å². The maximum atomic E-state index is 11.9. The Morgan fingerprint density at radius 1 is 1.00 bits per heavy atom. The van der Waals surface area contributed by atoms with Crippen molar-refractivity contribution < 1.29 is 42.7 Å². The second kappa shape index (κ2) is 21.7. The number of carbonyl (C=O) groups is 2. The summed E-state index contributed by atoms with van der Waals surface area (Å²) in [4.78, 5) is 23.0. The van der Waals surface area contributed by atoms with Gasteiger partial charge in [-0.25, -0.2) is 4.79 Å². The molecule has 10 heteroatoms. The molecule has 39 heavy (non-hydrogen) atoms. The van der Waals surface area contributed by atoms with Gasteiger partial charge in [0.1, 0.15) is 25.1 Å². The lowest BCUT2D eigenvalue weighted by Crippen LogP contribution is -2.37. The van der Waals surface area contributed by atoms with E-state index in [0.29, 0.717) is 25.2 Å². The average molecular weight is 624 g/mol. The van der Waals surface area contributed by atoms with Crippen LogP contribution in [0.5, 0.6) is 0 Å². The Morgan fingerprint density at radius 2 is 1.67 bits per heavy atom. The van der Waals surface area contributed by atoms with E-state index >= 15 is 0 Å². The fourth-order valence-electron chi connectivity index (χ4n) is 4.50. The molecule has 4 atom stereocenters. The number of esters is 2. The number of carbonyl (C=O) groups excluding carboxylic acids is 2. The molecule has 0 radical (unpaired) electrons. The lowest BCUT2D eigenvalue weighted by molar-refractivity contribution is -0.166. The van der Waals surface area contributed by atoms with Crippen molar-refractivity contribution in [3.63, 3.8) is 0 Å². The van der Waals surface area contributed by atoms with E-state index in [2.05, 4.69) is 15.9 Å². The van der Waals surface area contributed by atoms with E-state index in [-0.39, 0.29) is 31.1 Å². The lowest BCUT2D eigenvalue weighted by atomic mass is 10.00. The Balaban J connectivity index is 2.43. The smallest absolute Gasteiger partial charge is 0.330 e. The minimum atomic E-state index is -0.741. The number of hydrogen-bond acceptors (Lipinski definition) is 9. The van der Waals surface area contributed by atoms with Crippen molar-refractivity contribution in [2.45, 2.75) is 122 Å². The Morgan fingerprint density at radius 3 is 2.28 bits per heavy atom. The molecule has 1 heterocycles. The van der Waals surface area contributed by atoms with Crippen molar-refractivity contribution in [3.8, 4) is 0 Å². The molecular weight excluding hydrogens is 572 g/mol. The summed E-state index contributed by atoms with van der Waals surface area (Å²) >= 11 is 3.41. The predicted octanol–water partition coefficient (Wildman–Crippen LogP) is 5.86. The van der Waals surface area contributed by atoms with Gasteiger partial charge < -0.3 is 33.2 Å². The summed E-state index contributed by atoms with van der Waals surface area (Å²) in [6, 6.07) is 0. The van der Waals surface area contributed by atoms with Gasteiger partial charge in [0, 0.05) is 25.4 Å². The number of rotatable bonds is 23. The summed E-state index contributed by atoms with van der Waals surface area (Å²) < 4.78 is 39.2. The molecule has 1 rings (SSSR count). The van der Waals surface area contributed by atoms with E-state index in [9.17, 15) is 9.59 Å². The van der Waals surface area contributed by atoms with Crippen LogP contribution < -0.4 is 0 Å². The van der Waals surface area contributed by atoms with Gasteiger partial charge in [-0.05, 0) is 46.1 Å². The quantitative estimate of drug-likeness (QED) is 0.0456. The molecular formula is C29H51BrO9. The van der Waals surface area contributed by atoms with Gasteiger partial charge in [0.25, 0.3) is 0 Å². The summed E-state index contributed by atoms with van der Waals surface area (Å²) in [5, 5.41) is 0.692. The Bertz CT molecular complexity index is 686. The third-order valence-corrected chi connectivity index (χ3v) is 7.02. The van der Waals surface area contributed by atoms with Gasteiger partial charge in [0.2, 0.25) is 0 Å². The van der Waals surface area contributed by atoms with E-state index in [1.165, 1.54) is 38.7 Å². The topological polar surface area (TPSA) is 98.8 Å². The molecule has 0 saturated carbocycles. The molecule has 1 saturated heterocycles. The molecule has 0 bridgehead atoms. The average Bonchev–Trinajstić information content (AvgIpc) is 3.19. The first kappa shape index (κ1) is 36.0. The number of alkyl halides is 1. The Labute approximate surface area is 243 Å². The predicted molar refractivity (Wildman–Crippen MR) is 153 cm³/mol. The normalized spacial score (nSPS) is 20.3. The highest BCUT2D eigenvalue weighted by atomic mass is 79.9. The van der Waals surface area contributed by atoms with Crippen LogP contribution in [-0.2, 0) is 42.7 Å². The highest BCUT2D eigenvalue weighted by molar-refractivity contribution is 9.09. The summed E-state index contributed by atoms with van der Waals surface area (Å²) in [5.74, 6) is -1.38. The van der Waals surface area contributed by atoms with Crippen molar-refractivity contribution in [2.24, 2.45) is 0 Å². The van der Waals surface area contributed by atoms with Crippen LogP contribution in [-0.4, -0.2) is 81.2 Å². The zero-order valence-corrected chi connectivity index (χ0v) is 26.2. The first-order valence-corrected chi connectivity index (χ1v) is 15.5. The van der Waals surface area contributed by atoms with Crippen LogP contribution in [0.4, 0.5) is 0 Å². The molecule has 0 N–H and O–H groups in total. The van der Waals surface area contributed by atoms with Gasteiger partial charge in [0.15, 0.2) is 5.79 Å². The van der Waals surface area contributed by atoms with Crippen molar-refractivity contribution >= 4 is 27.9 Å². The molecule has 0 amide bonds. The first-order valence-electron chi connectivity index (χ1n) is 14.3. The number of methoxy groups -OCH3 is 1. The maximum absolute atomic E-state index is 11.9. The minimum Gasteiger partial charge on any atom is -0.463 e. The van der Waals surface area contributed by atoms with E-state index in [4.69, 9.17) is 33.2 Å². The highest BCUT2D eigenvalue weighted by Gasteiger charge is 2.44. The van der Waals surface area contributed by atoms with E-state index < -0.39 is 17.9 Å². The summed E-state index contributed by atoms with van der Waals surface area (Å²) in [7, 11) is 1.61. The molecule has 0 aliphatic carbocycles. The minimum absolute atomic E-state index is 0.0214. The van der Waals surface area contributed by atoms with Crippen molar-refractivity contribution in [1.82, 2.24) is 0 Å². The molecule has 0 unspecified atom stereocenters. The molecule has 9 nitrogen and oxygen atoms in total. The standard InChI is InChI=1S/C29H51BrO9/c1-6-35-27(32)18-17-25(36-22-34-20-19-33-5)28-26(38-29(3,4)39-28)16-14-12-10-8-7-9-11-13-15-24(21-30)37-23(2)31/h17-18,24-26,28H,6-16,19-22H2,1-5H3/b18-17+/t24-,25-,26-,28-/m1/s1. The van der Waals surface area contributed by atoms with E-state index in [1.54, 1.807) is 20.1 Å². The second-order valence-corrected chi connectivity index (χ2v) is 10.8. The summed E-state index contributed by atoms with van der Waals surface area (Å²) in [6.07, 6.45) is 12.9. The van der Waals surface area contributed by atoms with Crippen LogP contribution in [0.25, 0.3) is 0 Å². The molecule has 1 fully saturated rings. The molecule has 0 aromatic rings. The summed E-state index contributed by atoms with van der Waals surface area (Å²) in [6.45, 7) is 8.26. The zero-order chi connectivity index (χ0) is 28.9. The lowest BCUT2D eigenvalue weighted by Gasteiger charge is -2.24. The van der Waals surface area contributed by atoms with Crippen LogP contribution in [0.1, 0.15) is 91.9 Å². The molecule has 228 valence electrons. The maximum Gasteiger partial charge on any atom is 0.330 e. The van der Waals surface area contributed by atoms with Crippen molar-refractivity contribution in [2.75, 3.05) is 39.1 Å². The third-order valence-electron chi connectivity index (χ3n) is 6.30. The SMILES string of the molecule is CCOC(=O)/C=C/[C@@H](OCOCCOC)[C@H]1OC(C)(C)O[C@@H]1CCCCCCCCCC[C@H](CBr)OC(C)=O. The monoisotopic (exact) mass is 622 g/mol. The number of hydrogen-bond donors (Lipinski definition) is 0. The van der Waals surface area contributed by atoms with Crippen LogP contribution in [0.2, 0.25) is 0 Å². The largest absolute Gasteiger partial charge is 0.463 e.